The fraction of sp³-hybridized carbons (Fsp3) is 0.176. The van der Waals surface area contributed by atoms with Crippen LogP contribution in [0.25, 0.3) is 0 Å². The van der Waals surface area contributed by atoms with Crippen LogP contribution in [0.5, 0.6) is 5.75 Å². The van der Waals surface area contributed by atoms with Gasteiger partial charge in [-0.2, -0.15) is 0 Å². The zero-order valence-corrected chi connectivity index (χ0v) is 13.2. The summed E-state index contributed by atoms with van der Waals surface area (Å²) in [6.07, 6.45) is 0.261. The van der Waals surface area contributed by atoms with E-state index >= 15 is 0 Å². The molecule has 120 valence electrons. The molecule has 2 rings (SSSR count). The van der Waals surface area contributed by atoms with Crippen molar-refractivity contribution in [2.75, 3.05) is 7.11 Å². The van der Waals surface area contributed by atoms with E-state index in [-0.39, 0.29) is 12.2 Å². The number of hydrogen-bond donors (Lipinski definition) is 2. The predicted molar refractivity (Wildman–Crippen MR) is 86.5 cm³/mol. The molecule has 2 N–H and O–H groups in total. The SMILES string of the molecule is COC(=O)[C@@H](Cc1cccc(Cl)c1)NC(=O)c1ccc(O)cc1. The van der Waals surface area contributed by atoms with Gasteiger partial charge in [0.1, 0.15) is 11.8 Å². The van der Waals surface area contributed by atoms with Gasteiger partial charge in [-0.05, 0) is 42.0 Å². The number of amides is 1. The Hall–Kier alpha value is -2.53. The molecule has 1 amide bonds. The van der Waals surface area contributed by atoms with Crippen molar-refractivity contribution in [2.45, 2.75) is 12.5 Å². The molecule has 0 aliphatic heterocycles. The average molecular weight is 334 g/mol. The molecule has 6 heteroatoms. The van der Waals surface area contributed by atoms with Crippen LogP contribution in [0.3, 0.4) is 0 Å². The summed E-state index contributed by atoms with van der Waals surface area (Å²) in [7, 11) is 1.26. The van der Waals surface area contributed by atoms with Crippen LogP contribution in [0.1, 0.15) is 15.9 Å². The molecule has 0 spiro atoms. The van der Waals surface area contributed by atoms with Gasteiger partial charge in [0.25, 0.3) is 5.91 Å². The van der Waals surface area contributed by atoms with Crippen LogP contribution in [0.2, 0.25) is 5.02 Å². The highest BCUT2D eigenvalue weighted by Crippen LogP contribution is 2.14. The average Bonchev–Trinajstić information content (AvgIpc) is 2.54. The predicted octanol–water partition coefficient (Wildman–Crippen LogP) is 2.56. The Morgan fingerprint density at radius 2 is 1.91 bits per heavy atom. The smallest absolute Gasteiger partial charge is 0.328 e. The molecule has 5 nitrogen and oxygen atoms in total. The first-order valence-corrected chi connectivity index (χ1v) is 7.29. The highest BCUT2D eigenvalue weighted by atomic mass is 35.5. The Kier molecular flexibility index (Phi) is 5.60. The molecular formula is C17H16ClNO4. The maximum Gasteiger partial charge on any atom is 0.328 e. The number of hydrogen-bond acceptors (Lipinski definition) is 4. The van der Waals surface area contributed by atoms with Gasteiger partial charge in [-0.15, -0.1) is 0 Å². The lowest BCUT2D eigenvalue weighted by atomic mass is 10.1. The monoisotopic (exact) mass is 333 g/mol. The molecule has 1 atom stereocenters. The van der Waals surface area contributed by atoms with Crippen LogP contribution in [-0.2, 0) is 16.0 Å². The standard InChI is InChI=1S/C17H16ClNO4/c1-23-17(22)15(10-11-3-2-4-13(18)9-11)19-16(21)12-5-7-14(20)8-6-12/h2-9,15,20H,10H2,1H3,(H,19,21)/t15-/m1/s1. The number of halogens is 1. The van der Waals surface area contributed by atoms with Crippen LogP contribution in [0.15, 0.2) is 48.5 Å². The van der Waals surface area contributed by atoms with Crippen molar-refractivity contribution in [3.8, 4) is 5.75 Å². The third kappa shape index (κ3) is 4.72. The number of nitrogens with one attached hydrogen (secondary N) is 1. The van der Waals surface area contributed by atoms with Gasteiger partial charge in [0.15, 0.2) is 0 Å². The van der Waals surface area contributed by atoms with Crippen LogP contribution in [-0.4, -0.2) is 30.1 Å². The highest BCUT2D eigenvalue weighted by molar-refractivity contribution is 6.30. The van der Waals surface area contributed by atoms with E-state index in [9.17, 15) is 14.7 Å². The number of methoxy groups -OCH3 is 1. The Morgan fingerprint density at radius 1 is 1.22 bits per heavy atom. The van der Waals surface area contributed by atoms with Gasteiger partial charge >= 0.3 is 5.97 Å². The van der Waals surface area contributed by atoms with Crippen molar-refractivity contribution >= 4 is 23.5 Å². The van der Waals surface area contributed by atoms with Crippen molar-refractivity contribution in [3.63, 3.8) is 0 Å². The highest BCUT2D eigenvalue weighted by Gasteiger charge is 2.22. The van der Waals surface area contributed by atoms with Crippen molar-refractivity contribution in [1.82, 2.24) is 5.32 Å². The molecule has 2 aromatic rings. The second-order valence-corrected chi connectivity index (χ2v) is 5.37. The van der Waals surface area contributed by atoms with Crippen LogP contribution in [0, 0.1) is 0 Å². The first-order chi connectivity index (χ1) is 11.0. The van der Waals surface area contributed by atoms with E-state index in [1.165, 1.54) is 31.4 Å². The summed E-state index contributed by atoms with van der Waals surface area (Å²) < 4.78 is 4.74. The Balaban J connectivity index is 2.13. The lowest BCUT2D eigenvalue weighted by molar-refractivity contribution is -0.142. The lowest BCUT2D eigenvalue weighted by Crippen LogP contribution is -2.43. The van der Waals surface area contributed by atoms with Crippen LogP contribution in [0.4, 0.5) is 0 Å². The van der Waals surface area contributed by atoms with Gasteiger partial charge in [-0.3, -0.25) is 4.79 Å². The van der Waals surface area contributed by atoms with E-state index in [1.807, 2.05) is 6.07 Å². The van der Waals surface area contributed by atoms with E-state index in [1.54, 1.807) is 18.2 Å². The van der Waals surface area contributed by atoms with E-state index in [2.05, 4.69) is 5.32 Å². The largest absolute Gasteiger partial charge is 0.508 e. The van der Waals surface area contributed by atoms with Gasteiger partial charge < -0.3 is 15.2 Å². The molecule has 0 aliphatic carbocycles. The number of esters is 1. The quantitative estimate of drug-likeness (QED) is 0.825. The molecule has 0 unspecified atom stereocenters. The molecule has 0 aliphatic rings. The first-order valence-electron chi connectivity index (χ1n) is 6.92. The van der Waals surface area contributed by atoms with Crippen molar-refractivity contribution in [2.24, 2.45) is 0 Å². The Morgan fingerprint density at radius 3 is 2.52 bits per heavy atom. The minimum absolute atomic E-state index is 0.0602. The van der Waals surface area contributed by atoms with Crippen molar-refractivity contribution in [1.29, 1.82) is 0 Å². The topological polar surface area (TPSA) is 75.6 Å². The van der Waals surface area contributed by atoms with Crippen molar-refractivity contribution in [3.05, 3.63) is 64.7 Å². The summed E-state index contributed by atoms with van der Waals surface area (Å²) in [5, 5.41) is 12.4. The number of benzene rings is 2. The molecule has 0 heterocycles. The molecule has 0 saturated carbocycles. The van der Waals surface area contributed by atoms with E-state index in [0.717, 1.165) is 5.56 Å². The lowest BCUT2D eigenvalue weighted by Gasteiger charge is -2.17. The van der Waals surface area contributed by atoms with Crippen LogP contribution >= 0.6 is 11.6 Å². The van der Waals surface area contributed by atoms with Crippen molar-refractivity contribution < 1.29 is 19.4 Å². The number of phenolic OH excluding ortho intramolecular Hbond substituents is 1. The molecule has 23 heavy (non-hydrogen) atoms. The summed E-state index contributed by atoms with van der Waals surface area (Å²) in [6.45, 7) is 0. The fourth-order valence-corrected chi connectivity index (χ4v) is 2.30. The Labute approximate surface area is 138 Å². The van der Waals surface area contributed by atoms with Gasteiger partial charge in [0.2, 0.25) is 0 Å². The zero-order valence-electron chi connectivity index (χ0n) is 12.5. The third-order valence-corrected chi connectivity index (χ3v) is 3.48. The van der Waals surface area contributed by atoms with Crippen LogP contribution < -0.4 is 5.32 Å². The van der Waals surface area contributed by atoms with E-state index in [0.29, 0.717) is 10.6 Å². The summed E-state index contributed by atoms with van der Waals surface area (Å²) in [5.41, 5.74) is 1.14. The number of aromatic hydroxyl groups is 1. The molecule has 2 aromatic carbocycles. The summed E-state index contributed by atoms with van der Waals surface area (Å²) in [5.74, 6) is -0.912. The van der Waals surface area contributed by atoms with E-state index in [4.69, 9.17) is 16.3 Å². The molecule has 0 bridgehead atoms. The Bertz CT molecular complexity index is 700. The van der Waals surface area contributed by atoms with E-state index < -0.39 is 17.9 Å². The minimum Gasteiger partial charge on any atom is -0.508 e. The van der Waals surface area contributed by atoms with Gasteiger partial charge in [0.05, 0.1) is 7.11 Å². The molecule has 0 aromatic heterocycles. The first kappa shape index (κ1) is 16.8. The number of phenols is 1. The van der Waals surface area contributed by atoms with Gasteiger partial charge in [0, 0.05) is 17.0 Å². The molecule has 0 fully saturated rings. The van der Waals surface area contributed by atoms with Gasteiger partial charge in [-0.1, -0.05) is 23.7 Å². The molecule has 0 saturated heterocycles. The molecular weight excluding hydrogens is 318 g/mol. The minimum atomic E-state index is -0.834. The maximum atomic E-state index is 12.2. The number of rotatable bonds is 5. The summed E-state index contributed by atoms with van der Waals surface area (Å²) >= 11 is 5.93. The number of carbonyl (C=O) groups is 2. The maximum absolute atomic E-state index is 12.2. The fourth-order valence-electron chi connectivity index (χ4n) is 2.09. The number of carbonyl (C=O) groups excluding carboxylic acids is 2. The summed E-state index contributed by atoms with van der Waals surface area (Å²) in [4.78, 5) is 24.1. The molecule has 0 radical (unpaired) electrons. The summed E-state index contributed by atoms with van der Waals surface area (Å²) in [6, 6.07) is 12.0. The normalized spacial score (nSPS) is 11.6. The second-order valence-electron chi connectivity index (χ2n) is 4.93. The number of ether oxygens (including phenoxy) is 1. The third-order valence-electron chi connectivity index (χ3n) is 3.25. The second kappa shape index (κ2) is 7.65. The zero-order chi connectivity index (χ0) is 16.8. The van der Waals surface area contributed by atoms with Gasteiger partial charge in [-0.25, -0.2) is 4.79 Å².